The molecule has 0 saturated carbocycles. The number of hydrogen-bond donors (Lipinski definition) is 2. The van der Waals surface area contributed by atoms with Crippen molar-refractivity contribution in [3.05, 3.63) is 77.5 Å². The number of nitrogen functional groups attached to an aromatic ring is 1. The summed E-state index contributed by atoms with van der Waals surface area (Å²) in [6, 6.07) is 13.3. The Morgan fingerprint density at radius 3 is 2.39 bits per heavy atom. The molecule has 0 bridgehead atoms. The Hall–Kier alpha value is -4.25. The van der Waals surface area contributed by atoms with Gasteiger partial charge in [-0.3, -0.25) is 4.98 Å². The van der Waals surface area contributed by atoms with Crippen molar-refractivity contribution in [2.45, 2.75) is 20.0 Å². The first-order valence-corrected chi connectivity index (χ1v) is 10.9. The van der Waals surface area contributed by atoms with Crippen molar-refractivity contribution in [1.29, 1.82) is 0 Å². The number of rotatable bonds is 9. The standard InChI is InChI=1S/C25H22F3N5O3/c1-14-11-16(12-19(30-14)23(27)28)21-22(15-5-7-17(26)8-6-15)32-25(29)33-24(21)36-10-9-35-20-4-2-3-18(13-34)31-20/h2-8,11-12,23,34H,9-10,13H2,1H3,(H2,29,32,33). The van der Waals surface area contributed by atoms with Crippen molar-refractivity contribution < 1.29 is 27.8 Å². The van der Waals surface area contributed by atoms with E-state index in [1.165, 1.54) is 30.3 Å². The van der Waals surface area contributed by atoms with Crippen LogP contribution in [0.15, 0.2) is 54.6 Å². The van der Waals surface area contributed by atoms with Gasteiger partial charge in [0.1, 0.15) is 24.7 Å². The Morgan fingerprint density at radius 2 is 1.67 bits per heavy atom. The van der Waals surface area contributed by atoms with Crippen LogP contribution in [0.25, 0.3) is 22.4 Å². The first-order valence-electron chi connectivity index (χ1n) is 10.9. The number of aliphatic hydroxyl groups is 1. The number of pyridine rings is 2. The van der Waals surface area contributed by atoms with Gasteiger partial charge in [-0.2, -0.15) is 4.98 Å². The van der Waals surface area contributed by atoms with Crippen LogP contribution >= 0.6 is 0 Å². The number of nitrogens with zero attached hydrogens (tertiary/aromatic N) is 4. The monoisotopic (exact) mass is 497 g/mol. The number of anilines is 1. The molecule has 0 fully saturated rings. The summed E-state index contributed by atoms with van der Waals surface area (Å²) in [5, 5.41) is 9.21. The van der Waals surface area contributed by atoms with Crippen LogP contribution in [0.4, 0.5) is 19.1 Å². The third-order valence-corrected chi connectivity index (χ3v) is 5.01. The Balaban J connectivity index is 1.71. The molecule has 8 nitrogen and oxygen atoms in total. The largest absolute Gasteiger partial charge is 0.474 e. The lowest BCUT2D eigenvalue weighted by Gasteiger charge is -2.16. The van der Waals surface area contributed by atoms with Crippen LogP contribution < -0.4 is 15.2 Å². The molecule has 0 radical (unpaired) electrons. The molecule has 0 saturated heterocycles. The molecule has 3 aromatic heterocycles. The van der Waals surface area contributed by atoms with Crippen molar-refractivity contribution in [2.75, 3.05) is 18.9 Å². The number of benzene rings is 1. The quantitative estimate of drug-likeness (QED) is 0.324. The zero-order chi connectivity index (χ0) is 25.7. The van der Waals surface area contributed by atoms with E-state index in [1.807, 2.05) is 0 Å². The number of aromatic nitrogens is 4. The molecular formula is C25H22F3N5O3. The molecule has 3 heterocycles. The topological polar surface area (TPSA) is 116 Å². The Labute approximate surface area is 204 Å². The molecule has 36 heavy (non-hydrogen) atoms. The van der Waals surface area contributed by atoms with Gasteiger partial charge in [0.25, 0.3) is 6.43 Å². The maximum Gasteiger partial charge on any atom is 0.280 e. The van der Waals surface area contributed by atoms with E-state index in [9.17, 15) is 18.3 Å². The van der Waals surface area contributed by atoms with E-state index in [-0.39, 0.29) is 37.3 Å². The SMILES string of the molecule is Cc1cc(-c2c(OCCOc3cccc(CO)n3)nc(N)nc2-c2ccc(F)cc2)cc(C(F)F)n1. The maximum atomic E-state index is 13.6. The minimum absolute atomic E-state index is 0.00309. The third kappa shape index (κ3) is 5.87. The minimum Gasteiger partial charge on any atom is -0.474 e. The Kier molecular flexibility index (Phi) is 7.59. The van der Waals surface area contributed by atoms with Gasteiger partial charge in [-0.05, 0) is 55.0 Å². The fourth-order valence-corrected chi connectivity index (χ4v) is 3.50. The minimum atomic E-state index is -2.80. The number of ether oxygens (including phenoxy) is 2. The van der Waals surface area contributed by atoms with E-state index in [0.29, 0.717) is 34.0 Å². The Bertz CT molecular complexity index is 1350. The molecule has 3 N–H and O–H groups in total. The highest BCUT2D eigenvalue weighted by molar-refractivity contribution is 5.85. The highest BCUT2D eigenvalue weighted by Gasteiger charge is 2.21. The molecule has 0 aliphatic heterocycles. The van der Waals surface area contributed by atoms with Gasteiger partial charge in [0.2, 0.25) is 17.7 Å². The number of hydrogen-bond acceptors (Lipinski definition) is 8. The van der Waals surface area contributed by atoms with E-state index in [1.54, 1.807) is 31.2 Å². The predicted octanol–water partition coefficient (Wildman–Crippen LogP) is 4.52. The van der Waals surface area contributed by atoms with Crippen LogP contribution in [0.1, 0.15) is 23.5 Å². The van der Waals surface area contributed by atoms with Gasteiger partial charge in [0.05, 0.1) is 23.6 Å². The number of aliphatic hydroxyl groups excluding tert-OH is 1. The highest BCUT2D eigenvalue weighted by Crippen LogP contribution is 2.39. The molecule has 0 amide bonds. The lowest BCUT2D eigenvalue weighted by molar-refractivity contribution is 0.146. The van der Waals surface area contributed by atoms with E-state index in [0.717, 1.165) is 0 Å². The normalized spacial score (nSPS) is 11.1. The van der Waals surface area contributed by atoms with E-state index >= 15 is 0 Å². The summed E-state index contributed by atoms with van der Waals surface area (Å²) in [4.78, 5) is 16.5. The van der Waals surface area contributed by atoms with Gasteiger partial charge in [-0.25, -0.2) is 23.1 Å². The summed E-state index contributed by atoms with van der Waals surface area (Å²) in [6.07, 6.45) is -2.80. The van der Waals surface area contributed by atoms with E-state index < -0.39 is 17.9 Å². The molecule has 11 heteroatoms. The number of aryl methyl sites for hydroxylation is 1. The van der Waals surface area contributed by atoms with Crippen molar-refractivity contribution in [3.63, 3.8) is 0 Å². The summed E-state index contributed by atoms with van der Waals surface area (Å²) in [5.41, 5.74) is 7.72. The average molecular weight is 497 g/mol. The zero-order valence-electron chi connectivity index (χ0n) is 19.2. The molecule has 0 atom stereocenters. The van der Waals surface area contributed by atoms with Crippen LogP contribution in [-0.2, 0) is 6.61 Å². The van der Waals surface area contributed by atoms with Crippen molar-refractivity contribution in [3.8, 4) is 34.1 Å². The predicted molar refractivity (Wildman–Crippen MR) is 126 cm³/mol. The second-order valence-electron chi connectivity index (χ2n) is 7.66. The molecule has 4 rings (SSSR count). The third-order valence-electron chi connectivity index (χ3n) is 5.01. The second-order valence-corrected chi connectivity index (χ2v) is 7.66. The molecule has 0 spiro atoms. The number of alkyl halides is 2. The Morgan fingerprint density at radius 1 is 0.917 bits per heavy atom. The fraction of sp³-hybridized carbons (Fsp3) is 0.200. The van der Waals surface area contributed by atoms with Gasteiger partial charge >= 0.3 is 0 Å². The summed E-state index contributed by atoms with van der Waals surface area (Å²) < 4.78 is 52.0. The molecule has 0 aliphatic rings. The van der Waals surface area contributed by atoms with Gasteiger partial charge in [0.15, 0.2) is 0 Å². The number of nitrogens with two attached hydrogens (primary N) is 1. The fourth-order valence-electron chi connectivity index (χ4n) is 3.50. The molecule has 0 unspecified atom stereocenters. The van der Waals surface area contributed by atoms with Crippen LogP contribution in [-0.4, -0.2) is 38.3 Å². The first kappa shape index (κ1) is 24.9. The van der Waals surface area contributed by atoms with Crippen LogP contribution in [0.5, 0.6) is 11.8 Å². The molecule has 186 valence electrons. The van der Waals surface area contributed by atoms with Crippen LogP contribution in [0.2, 0.25) is 0 Å². The highest BCUT2D eigenvalue weighted by atomic mass is 19.3. The van der Waals surface area contributed by atoms with Gasteiger partial charge < -0.3 is 20.3 Å². The lowest BCUT2D eigenvalue weighted by atomic mass is 9.99. The molecule has 1 aromatic carbocycles. The van der Waals surface area contributed by atoms with Gasteiger partial charge in [-0.15, -0.1) is 0 Å². The second kappa shape index (κ2) is 11.0. The van der Waals surface area contributed by atoms with E-state index in [2.05, 4.69) is 19.9 Å². The molecule has 0 aliphatic carbocycles. The maximum absolute atomic E-state index is 13.6. The zero-order valence-corrected chi connectivity index (χ0v) is 19.2. The van der Waals surface area contributed by atoms with Crippen LogP contribution in [0, 0.1) is 12.7 Å². The number of halogens is 3. The van der Waals surface area contributed by atoms with Crippen molar-refractivity contribution in [2.24, 2.45) is 0 Å². The summed E-state index contributed by atoms with van der Waals surface area (Å²) in [7, 11) is 0. The van der Waals surface area contributed by atoms with E-state index in [4.69, 9.17) is 15.2 Å². The summed E-state index contributed by atoms with van der Waals surface area (Å²) in [6.45, 7) is 1.43. The van der Waals surface area contributed by atoms with Gasteiger partial charge in [0, 0.05) is 17.3 Å². The average Bonchev–Trinajstić information content (AvgIpc) is 2.86. The van der Waals surface area contributed by atoms with Gasteiger partial charge in [-0.1, -0.05) is 6.07 Å². The van der Waals surface area contributed by atoms with Crippen LogP contribution in [0.3, 0.4) is 0 Å². The molecule has 4 aromatic rings. The molecular weight excluding hydrogens is 475 g/mol. The van der Waals surface area contributed by atoms with Crippen molar-refractivity contribution >= 4 is 5.95 Å². The smallest absolute Gasteiger partial charge is 0.280 e. The summed E-state index contributed by atoms with van der Waals surface area (Å²) in [5.74, 6) is -0.236. The lowest BCUT2D eigenvalue weighted by Crippen LogP contribution is -2.13. The summed E-state index contributed by atoms with van der Waals surface area (Å²) >= 11 is 0. The van der Waals surface area contributed by atoms with Crippen molar-refractivity contribution in [1.82, 2.24) is 19.9 Å². The first-order chi connectivity index (χ1) is 17.3.